The molecule has 172 valence electrons. The summed E-state index contributed by atoms with van der Waals surface area (Å²) in [6.07, 6.45) is 15.9. The molecular weight excluding hydrogens is 364 g/mol. The second-order valence-electron chi connectivity index (χ2n) is 12.8. The van der Waals surface area contributed by atoms with Crippen LogP contribution in [0.2, 0.25) is 0 Å². The van der Waals surface area contributed by atoms with Gasteiger partial charge in [0, 0.05) is 0 Å². The van der Waals surface area contributed by atoms with Crippen molar-refractivity contribution < 1.29 is 5.11 Å². The molecule has 30 heavy (non-hydrogen) atoms. The fraction of sp³-hybridized carbons (Fsp3) is 0.931. The van der Waals surface area contributed by atoms with E-state index in [4.69, 9.17) is 0 Å². The fourth-order valence-electron chi connectivity index (χ4n) is 9.10. The van der Waals surface area contributed by atoms with Gasteiger partial charge in [-0.25, -0.2) is 0 Å². The van der Waals surface area contributed by atoms with Crippen molar-refractivity contribution in [2.45, 2.75) is 125 Å². The van der Waals surface area contributed by atoms with Gasteiger partial charge in [0.05, 0.1) is 6.10 Å². The summed E-state index contributed by atoms with van der Waals surface area (Å²) in [6, 6.07) is 0. The monoisotopic (exact) mass is 414 g/mol. The molecule has 2 fully saturated rings. The molecule has 0 amide bonds. The zero-order valence-corrected chi connectivity index (χ0v) is 21.0. The standard InChI is InChI=1S/C29H50O/c1-7-21(19(2)3)9-8-20(4)25-12-13-26-24-11-10-22-18-23(30)14-16-28(22,5)27(24)15-17-29(25,26)6/h19-23,25-26,30H,7-18H2,1-6H3/t20-,21-,22+,23-,25-,26+,28+,29+/m1/s1. The largest absolute Gasteiger partial charge is 0.393 e. The maximum Gasteiger partial charge on any atom is 0.0543 e. The Bertz CT molecular complexity index is 647. The van der Waals surface area contributed by atoms with Crippen molar-refractivity contribution in [3.63, 3.8) is 0 Å². The molecule has 4 aliphatic rings. The first-order valence-electron chi connectivity index (χ1n) is 13.6. The maximum atomic E-state index is 10.3. The molecule has 0 radical (unpaired) electrons. The lowest BCUT2D eigenvalue weighted by Gasteiger charge is -2.55. The van der Waals surface area contributed by atoms with Crippen LogP contribution < -0.4 is 0 Å². The van der Waals surface area contributed by atoms with Crippen molar-refractivity contribution in [2.75, 3.05) is 0 Å². The molecule has 0 aromatic heterocycles. The second-order valence-corrected chi connectivity index (χ2v) is 12.8. The molecule has 8 atom stereocenters. The van der Waals surface area contributed by atoms with Crippen molar-refractivity contribution in [2.24, 2.45) is 46.3 Å². The number of rotatable bonds is 6. The highest BCUT2D eigenvalue weighted by molar-refractivity contribution is 5.34. The number of hydrogen-bond donors (Lipinski definition) is 1. The fourth-order valence-corrected chi connectivity index (χ4v) is 9.10. The van der Waals surface area contributed by atoms with Crippen LogP contribution in [0.15, 0.2) is 11.1 Å². The molecule has 0 heterocycles. The van der Waals surface area contributed by atoms with Gasteiger partial charge in [0.1, 0.15) is 0 Å². The van der Waals surface area contributed by atoms with E-state index < -0.39 is 0 Å². The van der Waals surface area contributed by atoms with E-state index in [1.165, 1.54) is 64.2 Å². The van der Waals surface area contributed by atoms with E-state index in [2.05, 4.69) is 41.5 Å². The molecule has 0 spiro atoms. The maximum absolute atomic E-state index is 10.3. The van der Waals surface area contributed by atoms with Gasteiger partial charge in [-0.05, 0) is 111 Å². The quantitative estimate of drug-likeness (QED) is 0.434. The second kappa shape index (κ2) is 8.57. The Morgan fingerprint density at radius 1 is 0.967 bits per heavy atom. The third kappa shape index (κ3) is 3.74. The van der Waals surface area contributed by atoms with E-state index in [-0.39, 0.29) is 6.10 Å². The molecule has 1 N–H and O–H groups in total. The molecular formula is C29H50O. The van der Waals surface area contributed by atoms with Gasteiger partial charge >= 0.3 is 0 Å². The topological polar surface area (TPSA) is 20.2 Å². The Balaban J connectivity index is 1.50. The first-order valence-corrected chi connectivity index (χ1v) is 13.6. The Labute approximate surface area is 187 Å². The van der Waals surface area contributed by atoms with Crippen LogP contribution in [0.5, 0.6) is 0 Å². The molecule has 2 saturated carbocycles. The van der Waals surface area contributed by atoms with Gasteiger partial charge in [0.25, 0.3) is 0 Å². The minimum atomic E-state index is -0.0337. The van der Waals surface area contributed by atoms with Crippen LogP contribution in [0.3, 0.4) is 0 Å². The van der Waals surface area contributed by atoms with Crippen molar-refractivity contribution in [3.05, 3.63) is 11.1 Å². The van der Waals surface area contributed by atoms with E-state index in [9.17, 15) is 5.11 Å². The Hall–Kier alpha value is -0.300. The molecule has 4 aliphatic carbocycles. The van der Waals surface area contributed by atoms with Crippen LogP contribution in [-0.2, 0) is 0 Å². The summed E-state index contributed by atoms with van der Waals surface area (Å²) < 4.78 is 0. The van der Waals surface area contributed by atoms with Gasteiger partial charge in [0.2, 0.25) is 0 Å². The summed E-state index contributed by atoms with van der Waals surface area (Å²) >= 11 is 0. The van der Waals surface area contributed by atoms with Crippen molar-refractivity contribution in [3.8, 4) is 0 Å². The number of fused-ring (bicyclic) bond motifs is 4. The Morgan fingerprint density at radius 2 is 1.73 bits per heavy atom. The Kier molecular flexibility index (Phi) is 6.53. The number of allylic oxidation sites excluding steroid dienone is 2. The zero-order valence-electron chi connectivity index (χ0n) is 21.0. The van der Waals surface area contributed by atoms with E-state index in [1.54, 1.807) is 0 Å². The van der Waals surface area contributed by atoms with Crippen molar-refractivity contribution in [1.29, 1.82) is 0 Å². The summed E-state index contributed by atoms with van der Waals surface area (Å²) in [6.45, 7) is 15.1. The molecule has 0 aromatic carbocycles. The molecule has 1 heteroatoms. The summed E-state index contributed by atoms with van der Waals surface area (Å²) in [4.78, 5) is 0. The van der Waals surface area contributed by atoms with Crippen molar-refractivity contribution >= 4 is 0 Å². The van der Waals surface area contributed by atoms with Gasteiger partial charge in [-0.1, -0.05) is 65.5 Å². The first kappa shape index (κ1) is 22.9. The lowest BCUT2D eigenvalue weighted by Crippen LogP contribution is -2.45. The predicted molar refractivity (Wildman–Crippen MR) is 128 cm³/mol. The summed E-state index contributed by atoms with van der Waals surface area (Å²) in [5.74, 6) is 5.16. The highest BCUT2D eigenvalue weighted by Gasteiger charge is 2.55. The SMILES string of the molecule is CC[C@H](CC[C@@H](C)[C@H]1CC[C@H]2C3=C(CC[C@@]12C)[C@@]1(C)CC[C@@H](O)C[C@@H]1CC3)C(C)C. The highest BCUT2D eigenvalue weighted by atomic mass is 16.3. The predicted octanol–water partition coefficient (Wildman–Crippen LogP) is 8.17. The number of aliphatic hydroxyl groups excluding tert-OH is 1. The smallest absolute Gasteiger partial charge is 0.0543 e. The molecule has 0 aliphatic heterocycles. The first-order chi connectivity index (χ1) is 14.2. The zero-order chi connectivity index (χ0) is 21.7. The van der Waals surface area contributed by atoms with E-state index in [1.807, 2.05) is 11.1 Å². The minimum Gasteiger partial charge on any atom is -0.393 e. The molecule has 0 aromatic rings. The van der Waals surface area contributed by atoms with Crippen LogP contribution in [-0.4, -0.2) is 11.2 Å². The summed E-state index contributed by atoms with van der Waals surface area (Å²) in [5.41, 5.74) is 4.76. The average Bonchev–Trinajstić information content (AvgIpc) is 3.06. The summed E-state index contributed by atoms with van der Waals surface area (Å²) in [5, 5.41) is 10.3. The van der Waals surface area contributed by atoms with E-state index in [0.717, 1.165) is 48.3 Å². The highest BCUT2D eigenvalue weighted by Crippen LogP contribution is 2.66. The van der Waals surface area contributed by atoms with Crippen LogP contribution in [0, 0.1) is 46.3 Å². The normalized spacial score (nSPS) is 43.2. The van der Waals surface area contributed by atoms with Gasteiger partial charge < -0.3 is 5.11 Å². The van der Waals surface area contributed by atoms with E-state index in [0.29, 0.717) is 10.8 Å². The van der Waals surface area contributed by atoms with Crippen molar-refractivity contribution in [1.82, 2.24) is 0 Å². The molecule has 0 saturated heterocycles. The van der Waals surface area contributed by atoms with E-state index >= 15 is 0 Å². The van der Waals surface area contributed by atoms with Crippen LogP contribution in [0.25, 0.3) is 0 Å². The lowest BCUT2D eigenvalue weighted by atomic mass is 9.50. The van der Waals surface area contributed by atoms with Crippen LogP contribution in [0.4, 0.5) is 0 Å². The Morgan fingerprint density at radius 3 is 2.43 bits per heavy atom. The van der Waals surface area contributed by atoms with Gasteiger partial charge in [-0.2, -0.15) is 0 Å². The lowest BCUT2D eigenvalue weighted by molar-refractivity contribution is 0.0131. The molecule has 0 bridgehead atoms. The van der Waals surface area contributed by atoms with Crippen LogP contribution in [0.1, 0.15) is 119 Å². The average molecular weight is 415 g/mol. The summed E-state index contributed by atoms with van der Waals surface area (Å²) in [7, 11) is 0. The number of hydrogen-bond acceptors (Lipinski definition) is 1. The third-order valence-corrected chi connectivity index (χ3v) is 11.2. The third-order valence-electron chi connectivity index (χ3n) is 11.2. The molecule has 1 nitrogen and oxygen atoms in total. The number of aliphatic hydroxyl groups is 1. The van der Waals surface area contributed by atoms with Gasteiger partial charge in [-0.3, -0.25) is 0 Å². The molecule has 4 rings (SSSR count). The van der Waals surface area contributed by atoms with Crippen LogP contribution >= 0.6 is 0 Å². The van der Waals surface area contributed by atoms with Gasteiger partial charge in [0.15, 0.2) is 0 Å². The minimum absolute atomic E-state index is 0.0337. The van der Waals surface area contributed by atoms with Gasteiger partial charge in [-0.15, -0.1) is 0 Å². The molecule has 0 unspecified atom stereocenters.